The van der Waals surface area contributed by atoms with Crippen LogP contribution < -0.4 is 9.80 Å². The topological polar surface area (TPSA) is 6.48 Å². The van der Waals surface area contributed by atoms with Gasteiger partial charge in [0.25, 0.3) is 0 Å². The van der Waals surface area contributed by atoms with Crippen LogP contribution in [0.25, 0.3) is 55.7 Å². The van der Waals surface area contributed by atoms with Gasteiger partial charge in [0, 0.05) is 39.6 Å². The predicted octanol–water partition coefficient (Wildman–Crippen LogP) is 19.1. The largest absolute Gasteiger partial charge is 0.332 e. The predicted molar refractivity (Wildman–Crippen MR) is 315 cm³/mol. The summed E-state index contributed by atoms with van der Waals surface area (Å²) < 4.78 is 0. The van der Waals surface area contributed by atoms with Crippen molar-refractivity contribution in [3.05, 3.63) is 319 Å². The minimum Gasteiger partial charge on any atom is -0.332 e. The first kappa shape index (κ1) is 44.5. The van der Waals surface area contributed by atoms with E-state index in [1.807, 2.05) is 0 Å². The average Bonchev–Trinajstić information content (AvgIpc) is 4.06. The molecule has 0 bridgehead atoms. The molecule has 10 aromatic rings. The van der Waals surface area contributed by atoms with E-state index in [-0.39, 0.29) is 6.04 Å². The third-order valence-electron chi connectivity index (χ3n) is 16.1. The van der Waals surface area contributed by atoms with Gasteiger partial charge >= 0.3 is 0 Å². The quantitative estimate of drug-likeness (QED) is 0.135. The van der Waals surface area contributed by atoms with E-state index in [9.17, 15) is 0 Å². The lowest BCUT2D eigenvalue weighted by Gasteiger charge is -2.36. The van der Waals surface area contributed by atoms with E-state index in [1.54, 1.807) is 0 Å². The Morgan fingerprint density at radius 3 is 1.64 bits per heavy atom. The van der Waals surface area contributed by atoms with Crippen molar-refractivity contribution >= 4 is 39.6 Å². The molecule has 0 N–H and O–H groups in total. The molecule has 3 aliphatic carbocycles. The fraction of sp³-hybridized carbons (Fsp3) is 0.0685. The van der Waals surface area contributed by atoms with Crippen molar-refractivity contribution in [2.45, 2.75) is 30.7 Å². The van der Waals surface area contributed by atoms with Gasteiger partial charge < -0.3 is 9.80 Å². The van der Waals surface area contributed by atoms with Gasteiger partial charge in [-0.05, 0) is 152 Å². The van der Waals surface area contributed by atoms with Crippen LogP contribution in [0.2, 0.25) is 0 Å². The number of hydrogen-bond acceptors (Lipinski definition) is 2. The second kappa shape index (κ2) is 18.7. The van der Waals surface area contributed by atoms with Crippen LogP contribution in [0.15, 0.2) is 291 Å². The van der Waals surface area contributed by atoms with E-state index in [0.29, 0.717) is 0 Å². The molecule has 10 aromatic carbocycles. The zero-order valence-electron chi connectivity index (χ0n) is 41.7. The molecule has 1 heterocycles. The molecule has 75 heavy (non-hydrogen) atoms. The maximum atomic E-state index is 2.70. The van der Waals surface area contributed by atoms with Gasteiger partial charge in [0.1, 0.15) is 0 Å². The monoisotopic (exact) mass is 958 g/mol. The Labute approximate surface area is 440 Å². The summed E-state index contributed by atoms with van der Waals surface area (Å²) >= 11 is 0. The summed E-state index contributed by atoms with van der Waals surface area (Å²) in [5.74, 6) is 0. The fourth-order valence-corrected chi connectivity index (χ4v) is 12.8. The first-order valence-corrected chi connectivity index (χ1v) is 26.5. The van der Waals surface area contributed by atoms with E-state index < -0.39 is 5.41 Å². The summed E-state index contributed by atoms with van der Waals surface area (Å²) in [6, 6.07) is 94.2. The Hall–Kier alpha value is -9.24. The number of anilines is 5. The summed E-state index contributed by atoms with van der Waals surface area (Å²) in [6.45, 7) is 0. The molecule has 1 unspecified atom stereocenters. The summed E-state index contributed by atoms with van der Waals surface area (Å²) in [4.78, 5) is 5.05. The van der Waals surface area contributed by atoms with Crippen molar-refractivity contribution in [2.75, 3.05) is 9.80 Å². The molecule has 0 aromatic heterocycles. The lowest BCUT2D eigenvalue weighted by Crippen LogP contribution is -2.30. The van der Waals surface area contributed by atoms with Crippen LogP contribution in [0.5, 0.6) is 0 Å². The molecule has 14 rings (SSSR count). The molecule has 0 spiro atoms. The maximum Gasteiger partial charge on any atom is 0.0710 e. The van der Waals surface area contributed by atoms with Gasteiger partial charge in [-0.25, -0.2) is 0 Å². The lowest BCUT2D eigenvalue weighted by molar-refractivity contribution is 0.755. The first-order valence-electron chi connectivity index (χ1n) is 26.5. The fourth-order valence-electron chi connectivity index (χ4n) is 12.8. The van der Waals surface area contributed by atoms with Crippen molar-refractivity contribution in [1.29, 1.82) is 0 Å². The molecule has 0 amide bonds. The zero-order valence-corrected chi connectivity index (χ0v) is 41.7. The number of para-hydroxylation sites is 1. The van der Waals surface area contributed by atoms with Crippen LogP contribution >= 0.6 is 0 Å². The Bertz CT molecular complexity index is 3840. The van der Waals surface area contributed by atoms with Crippen molar-refractivity contribution in [1.82, 2.24) is 0 Å². The Morgan fingerprint density at radius 2 is 0.960 bits per heavy atom. The van der Waals surface area contributed by atoms with E-state index >= 15 is 0 Å². The van der Waals surface area contributed by atoms with Crippen LogP contribution in [-0.4, -0.2) is 6.04 Å². The number of rotatable bonds is 10. The molecule has 0 radical (unpaired) electrons. The molecule has 356 valence electrons. The number of hydrogen-bond donors (Lipinski definition) is 0. The smallest absolute Gasteiger partial charge is 0.0710 e. The van der Waals surface area contributed by atoms with Gasteiger partial charge in [0.2, 0.25) is 0 Å². The number of benzene rings is 10. The third-order valence-corrected chi connectivity index (χ3v) is 16.1. The van der Waals surface area contributed by atoms with Crippen LogP contribution in [-0.2, 0) is 5.41 Å². The average molecular weight is 959 g/mol. The molecule has 0 saturated carbocycles. The molecule has 1 atom stereocenters. The molecule has 2 nitrogen and oxygen atoms in total. The molecular formula is C73H54N2. The van der Waals surface area contributed by atoms with E-state index in [4.69, 9.17) is 0 Å². The van der Waals surface area contributed by atoms with Crippen molar-refractivity contribution < 1.29 is 0 Å². The van der Waals surface area contributed by atoms with E-state index in [2.05, 4.69) is 295 Å². The molecule has 0 fully saturated rings. The molecule has 4 aliphatic rings. The first-order chi connectivity index (χ1) is 37.2. The van der Waals surface area contributed by atoms with Crippen molar-refractivity contribution in [3.8, 4) is 44.5 Å². The number of nitrogens with zero attached hydrogens (tertiary/aromatic N) is 2. The minimum atomic E-state index is -0.428. The third kappa shape index (κ3) is 7.47. The highest BCUT2D eigenvalue weighted by atomic mass is 15.2. The van der Waals surface area contributed by atoms with Crippen molar-refractivity contribution in [3.63, 3.8) is 0 Å². The molecule has 2 heteroatoms. The van der Waals surface area contributed by atoms with Gasteiger partial charge in [0.15, 0.2) is 0 Å². The lowest BCUT2D eigenvalue weighted by atomic mass is 9.66. The second-order valence-corrected chi connectivity index (χ2v) is 20.2. The summed E-state index contributed by atoms with van der Waals surface area (Å²) in [7, 11) is 0. The normalized spacial score (nSPS) is 15.7. The molecule has 1 aliphatic heterocycles. The summed E-state index contributed by atoms with van der Waals surface area (Å²) in [5, 5.41) is 0. The number of allylic oxidation sites excluding steroid dienone is 6. The van der Waals surface area contributed by atoms with Crippen LogP contribution in [0, 0.1) is 0 Å². The Balaban J connectivity index is 0.839. The minimum absolute atomic E-state index is 0.191. The van der Waals surface area contributed by atoms with Crippen LogP contribution in [0.3, 0.4) is 0 Å². The standard InChI is InChI=1S/C73H54N2/c1-5-21-51(22-6-1)54-23-19-24-55(49-54)52-39-44-60(45-40-52)74(59-29-11-4-12-30-59)61-46-41-53(42-47-61)62-31-13-14-32-63(62)56-43-48-65-64-33-16-18-37-69(64)75(71(65)50-56)70-38-20-36-68-72(70)66-34-15-17-35-67(66)73(68,57-25-7-2-8-26-57)58-27-9-3-10-28-58/h1-14,16-33,35-36,38-50,69H,15,34,37H2. The highest BCUT2D eigenvalue weighted by Gasteiger charge is 2.49. The molecular weight excluding hydrogens is 905 g/mol. The van der Waals surface area contributed by atoms with Gasteiger partial charge in [-0.2, -0.15) is 0 Å². The van der Waals surface area contributed by atoms with E-state index in [0.717, 1.165) is 36.3 Å². The highest BCUT2D eigenvalue weighted by molar-refractivity contribution is 6.01. The van der Waals surface area contributed by atoms with Gasteiger partial charge in [0.05, 0.1) is 11.5 Å². The molecule has 0 saturated heterocycles. The van der Waals surface area contributed by atoms with Crippen molar-refractivity contribution in [2.24, 2.45) is 0 Å². The maximum absolute atomic E-state index is 2.70. The van der Waals surface area contributed by atoms with Gasteiger partial charge in [-0.1, -0.05) is 231 Å². The number of fused-ring (bicyclic) bond motifs is 5. The zero-order chi connectivity index (χ0) is 49.7. The SMILES string of the molecule is C1=CCC2C(=C1)c1ccc(-c3ccccc3-c3ccc(N(c4ccccc4)c4ccc(-c5cccc(-c6ccccc6)c5)cc4)cc3)cc1N2c1cccc2c1C1=C(C=CCC1)C2(c1ccccc1)c1ccccc1. The Morgan fingerprint density at radius 1 is 0.413 bits per heavy atom. The second-order valence-electron chi connectivity index (χ2n) is 20.2. The van der Waals surface area contributed by atoms with Gasteiger partial charge in [-0.15, -0.1) is 0 Å². The van der Waals surface area contributed by atoms with Crippen LogP contribution in [0.1, 0.15) is 47.1 Å². The summed E-state index contributed by atoms with van der Waals surface area (Å²) in [5.41, 5.74) is 26.1. The van der Waals surface area contributed by atoms with Gasteiger partial charge in [-0.3, -0.25) is 0 Å². The Kier molecular flexibility index (Phi) is 11.1. The highest BCUT2D eigenvalue weighted by Crippen LogP contribution is 2.61. The van der Waals surface area contributed by atoms with E-state index in [1.165, 1.54) is 100 Å². The summed E-state index contributed by atoms with van der Waals surface area (Å²) in [6.07, 6.45) is 14.8. The van der Waals surface area contributed by atoms with Crippen LogP contribution in [0.4, 0.5) is 28.4 Å².